The van der Waals surface area contributed by atoms with Crippen LogP contribution in [0.2, 0.25) is 0 Å². The lowest BCUT2D eigenvalue weighted by molar-refractivity contribution is -0.0336. The number of phenols is 1. The number of aliphatic hydroxyl groups is 1. The molecule has 1 saturated carbocycles. The summed E-state index contributed by atoms with van der Waals surface area (Å²) in [5.41, 5.74) is 3.98. The van der Waals surface area contributed by atoms with Gasteiger partial charge in [0, 0.05) is 42.7 Å². The van der Waals surface area contributed by atoms with Crippen molar-refractivity contribution >= 4 is 22.9 Å². The molecule has 12 nitrogen and oxygen atoms in total. The second-order valence-electron chi connectivity index (χ2n) is 16.4. The third-order valence-corrected chi connectivity index (χ3v) is 12.4. The molecule has 3 aliphatic heterocycles. The Morgan fingerprint density at radius 1 is 0.883 bits per heavy atom. The van der Waals surface area contributed by atoms with Gasteiger partial charge in [0.1, 0.15) is 24.2 Å². The number of amides is 2. The van der Waals surface area contributed by atoms with Crippen molar-refractivity contribution in [3.63, 3.8) is 0 Å². The van der Waals surface area contributed by atoms with Gasteiger partial charge in [-0.2, -0.15) is 0 Å². The number of phenolic OH excluding ortho intramolecular Hbond substituents is 1. The monoisotopic (exact) mass is 813 g/mol. The summed E-state index contributed by atoms with van der Waals surface area (Å²) in [5.74, 6) is 1.06. The summed E-state index contributed by atoms with van der Waals surface area (Å²) in [6.45, 7) is 4.74. The molecule has 4 fully saturated rings. The fourth-order valence-electron chi connectivity index (χ4n) is 9.14. The number of nitrogens with one attached hydrogen (secondary N) is 3. The molecule has 0 spiro atoms. The molecule has 12 heteroatoms. The van der Waals surface area contributed by atoms with E-state index in [1.807, 2.05) is 83.8 Å². The third kappa shape index (κ3) is 9.84. The first-order valence-electron chi connectivity index (χ1n) is 21.4. The van der Waals surface area contributed by atoms with E-state index in [0.29, 0.717) is 59.8 Å². The standard InChI is InChI=1S/C48H55N5O7/c54-41-20-18-39(40-19-21-44(56)50-46(40)41)42(55)29-49-24-7-25-53(37-11-4-5-12-37)47(57)35-16-14-32(15-17-35)31-59-38-13-6-10-36(28-38)45(34-8-2-1-3-9-34)51-48(58)60-43-30-52-26-22-33(43)23-27-52/h1-3,6,8-10,13-21,28,33,37,42-43,45,49,54-55H,4-5,7,11-12,22-27,29-31H2,(H,50,56)(H,51,58)/t42?,43?,45-/m0/s1. The van der Waals surface area contributed by atoms with Gasteiger partial charge in [0.05, 0.1) is 17.7 Å². The highest BCUT2D eigenvalue weighted by atomic mass is 16.6. The number of carbonyl (C=O) groups excluding carboxylic acids is 2. The minimum absolute atomic E-state index is 0.0122. The minimum atomic E-state index is -0.850. The Kier molecular flexibility index (Phi) is 13.1. The molecule has 60 heavy (non-hydrogen) atoms. The van der Waals surface area contributed by atoms with E-state index in [1.54, 1.807) is 12.1 Å². The summed E-state index contributed by atoms with van der Waals surface area (Å²) in [7, 11) is 0. The van der Waals surface area contributed by atoms with Crippen LogP contribution in [-0.2, 0) is 11.3 Å². The van der Waals surface area contributed by atoms with E-state index in [1.165, 1.54) is 12.1 Å². The summed E-state index contributed by atoms with van der Waals surface area (Å²) in [6.07, 6.45) is 5.69. The average Bonchev–Trinajstić information content (AvgIpc) is 3.82. The number of carbonyl (C=O) groups is 2. The molecule has 3 saturated heterocycles. The number of rotatable bonds is 16. The van der Waals surface area contributed by atoms with Gasteiger partial charge < -0.3 is 40.2 Å². The predicted molar refractivity (Wildman–Crippen MR) is 230 cm³/mol. The topological polar surface area (TPSA) is 156 Å². The first-order valence-corrected chi connectivity index (χ1v) is 21.4. The zero-order valence-electron chi connectivity index (χ0n) is 33.9. The molecule has 4 aromatic carbocycles. The number of aromatic nitrogens is 1. The van der Waals surface area contributed by atoms with Crippen LogP contribution in [0, 0.1) is 5.92 Å². The maximum atomic E-state index is 13.9. The van der Waals surface area contributed by atoms with E-state index in [4.69, 9.17) is 9.47 Å². The molecule has 1 aliphatic carbocycles. The second-order valence-corrected chi connectivity index (χ2v) is 16.4. The van der Waals surface area contributed by atoms with Crippen molar-refractivity contribution in [1.29, 1.82) is 0 Å². The first kappa shape index (κ1) is 41.1. The number of H-pyrrole nitrogens is 1. The molecule has 4 aliphatic rings. The van der Waals surface area contributed by atoms with E-state index < -0.39 is 18.2 Å². The highest BCUT2D eigenvalue weighted by Gasteiger charge is 2.37. The number of pyridine rings is 1. The number of aromatic amines is 1. The molecule has 0 radical (unpaired) electrons. The van der Waals surface area contributed by atoms with Gasteiger partial charge in [0.2, 0.25) is 5.56 Å². The predicted octanol–water partition coefficient (Wildman–Crippen LogP) is 6.82. The maximum Gasteiger partial charge on any atom is 0.408 e. The fraction of sp³-hybridized carbons (Fsp3) is 0.396. The van der Waals surface area contributed by atoms with Gasteiger partial charge in [-0.25, -0.2) is 4.79 Å². The molecule has 2 amide bonds. The molecule has 2 bridgehead atoms. The van der Waals surface area contributed by atoms with Crippen LogP contribution < -0.4 is 20.9 Å². The SMILES string of the molecule is O=C(N[C@@H](c1ccccc1)c1cccc(OCc2ccc(C(=O)N(CCCNCC(O)c3ccc(O)c4[nH]c(=O)ccc34)C3CCCC3)cc2)c1)OC1CN2CCC1CC2. The number of alkyl carbamates (subject to hydrolysis) is 1. The third-order valence-electron chi connectivity index (χ3n) is 12.4. The highest BCUT2D eigenvalue weighted by Crippen LogP contribution is 2.32. The van der Waals surface area contributed by atoms with Gasteiger partial charge in [0.25, 0.3) is 5.91 Å². The highest BCUT2D eigenvalue weighted by molar-refractivity contribution is 5.94. The number of hydrogen-bond acceptors (Lipinski definition) is 9. The van der Waals surface area contributed by atoms with Crippen LogP contribution >= 0.6 is 0 Å². The summed E-state index contributed by atoms with van der Waals surface area (Å²) >= 11 is 0. The molecule has 3 atom stereocenters. The van der Waals surface area contributed by atoms with Crippen LogP contribution in [0.1, 0.15) is 89.7 Å². The van der Waals surface area contributed by atoms with Crippen molar-refractivity contribution in [3.8, 4) is 11.5 Å². The Morgan fingerprint density at radius 3 is 2.40 bits per heavy atom. The van der Waals surface area contributed by atoms with Crippen LogP contribution in [0.5, 0.6) is 11.5 Å². The number of ether oxygens (including phenoxy) is 2. The molecule has 1 aromatic heterocycles. The molecule has 5 aromatic rings. The van der Waals surface area contributed by atoms with Gasteiger partial charge >= 0.3 is 6.09 Å². The summed E-state index contributed by atoms with van der Waals surface area (Å²) in [6, 6.07) is 31.2. The summed E-state index contributed by atoms with van der Waals surface area (Å²) in [4.78, 5) is 46.0. The van der Waals surface area contributed by atoms with Crippen molar-refractivity contribution in [2.24, 2.45) is 5.92 Å². The second kappa shape index (κ2) is 19.1. The maximum absolute atomic E-state index is 13.9. The molecule has 2 unspecified atom stereocenters. The van der Waals surface area contributed by atoms with E-state index in [2.05, 4.69) is 20.5 Å². The quantitative estimate of drug-likeness (QED) is 0.0675. The van der Waals surface area contributed by atoms with Crippen molar-refractivity contribution in [3.05, 3.63) is 141 Å². The van der Waals surface area contributed by atoms with Crippen LogP contribution in [0.4, 0.5) is 4.79 Å². The Bertz CT molecular complexity index is 2290. The van der Waals surface area contributed by atoms with Crippen molar-refractivity contribution in [2.75, 3.05) is 39.3 Å². The number of hydrogen-bond donors (Lipinski definition) is 5. The summed E-state index contributed by atoms with van der Waals surface area (Å²) in [5, 5.41) is 28.2. The largest absolute Gasteiger partial charge is 0.506 e. The number of benzene rings is 4. The van der Waals surface area contributed by atoms with Crippen molar-refractivity contribution in [2.45, 2.75) is 75.8 Å². The van der Waals surface area contributed by atoms with E-state index in [-0.39, 0.29) is 35.9 Å². The van der Waals surface area contributed by atoms with Gasteiger partial charge in [-0.05, 0) is 116 Å². The fourth-order valence-corrected chi connectivity index (χ4v) is 9.14. The number of nitrogens with zero attached hydrogens (tertiary/aromatic N) is 2. The van der Waals surface area contributed by atoms with E-state index in [9.17, 15) is 24.6 Å². The van der Waals surface area contributed by atoms with Crippen molar-refractivity contribution in [1.82, 2.24) is 25.4 Å². The van der Waals surface area contributed by atoms with Gasteiger partial charge in [0.15, 0.2) is 0 Å². The smallest absolute Gasteiger partial charge is 0.408 e. The Balaban J connectivity index is 0.853. The van der Waals surface area contributed by atoms with E-state index in [0.717, 1.165) is 74.8 Å². The molecule has 4 heterocycles. The number of piperidine rings is 3. The Hall–Kier alpha value is -5.69. The molecular weight excluding hydrogens is 759 g/mol. The van der Waals surface area contributed by atoms with Crippen LogP contribution in [0.3, 0.4) is 0 Å². The molecule has 314 valence electrons. The summed E-state index contributed by atoms with van der Waals surface area (Å²) < 4.78 is 12.3. The van der Waals surface area contributed by atoms with Crippen LogP contribution in [0.25, 0.3) is 10.9 Å². The van der Waals surface area contributed by atoms with Crippen LogP contribution in [0.15, 0.2) is 108 Å². The molecule has 9 rings (SSSR count). The Labute approximate surface area is 350 Å². The Morgan fingerprint density at radius 2 is 1.65 bits per heavy atom. The van der Waals surface area contributed by atoms with Gasteiger partial charge in [-0.15, -0.1) is 0 Å². The lowest BCUT2D eigenvalue weighted by Crippen LogP contribution is -2.52. The zero-order valence-corrected chi connectivity index (χ0v) is 33.9. The lowest BCUT2D eigenvalue weighted by Gasteiger charge is -2.43. The lowest BCUT2D eigenvalue weighted by atomic mass is 9.86. The average molecular weight is 814 g/mol. The molecular formula is C48H55N5O7. The van der Waals surface area contributed by atoms with Gasteiger partial charge in [-0.1, -0.05) is 73.5 Å². The first-order chi connectivity index (χ1) is 29.3. The van der Waals surface area contributed by atoms with Gasteiger partial charge in [-0.3, -0.25) is 14.5 Å². The zero-order chi connectivity index (χ0) is 41.4. The van der Waals surface area contributed by atoms with E-state index >= 15 is 0 Å². The minimum Gasteiger partial charge on any atom is -0.506 e. The van der Waals surface area contributed by atoms with Crippen LogP contribution in [-0.4, -0.2) is 88.4 Å². The number of fused-ring (bicyclic) bond motifs is 4. The molecule has 5 N–H and O–H groups in total. The normalized spacial score (nSPS) is 19.8. The number of aromatic hydroxyl groups is 1. The number of aliphatic hydroxyl groups excluding tert-OH is 1. The van der Waals surface area contributed by atoms with Crippen molar-refractivity contribution < 1.29 is 29.3 Å².